The van der Waals surface area contributed by atoms with Crippen molar-refractivity contribution in [1.29, 1.82) is 0 Å². The largest absolute Gasteiger partial charge is 0.368 e. The molecule has 0 saturated carbocycles. The summed E-state index contributed by atoms with van der Waals surface area (Å²) in [4.78, 5) is 0. The molecule has 0 aliphatic carbocycles. The van der Waals surface area contributed by atoms with Gasteiger partial charge >= 0.3 is 0 Å². The Labute approximate surface area is 86.1 Å². The Morgan fingerprint density at radius 3 is 2.36 bits per heavy atom. The van der Waals surface area contributed by atoms with Gasteiger partial charge in [-0.25, -0.2) is 0 Å². The molecule has 1 atom stereocenters. The Morgan fingerprint density at radius 1 is 1.29 bits per heavy atom. The Balaban J connectivity index is 2.35. The molecule has 1 nitrogen and oxygen atoms in total. The number of rotatable bonds is 1. The highest BCUT2D eigenvalue weighted by Gasteiger charge is 2.26. The van der Waals surface area contributed by atoms with Crippen LogP contribution in [0, 0.1) is 6.92 Å². The van der Waals surface area contributed by atoms with Gasteiger partial charge in [-0.15, -0.1) is 0 Å². The summed E-state index contributed by atoms with van der Waals surface area (Å²) in [5, 5.41) is 0. The first-order chi connectivity index (χ1) is 6.48. The second kappa shape index (κ2) is 3.09. The summed E-state index contributed by atoms with van der Waals surface area (Å²) >= 11 is 0. The van der Waals surface area contributed by atoms with Gasteiger partial charge in [0.1, 0.15) is 6.10 Å². The van der Waals surface area contributed by atoms with Gasteiger partial charge in [0.15, 0.2) is 0 Å². The van der Waals surface area contributed by atoms with Crippen molar-refractivity contribution in [1.82, 2.24) is 0 Å². The molecule has 1 fully saturated rings. The molecule has 76 valence electrons. The van der Waals surface area contributed by atoms with Crippen molar-refractivity contribution < 1.29 is 4.74 Å². The highest BCUT2D eigenvalue weighted by molar-refractivity contribution is 5.36. The Bertz CT molecular complexity index is 343. The van der Waals surface area contributed by atoms with Gasteiger partial charge in [0.25, 0.3) is 0 Å². The van der Waals surface area contributed by atoms with Crippen molar-refractivity contribution in [3.05, 3.63) is 34.9 Å². The summed E-state index contributed by atoms with van der Waals surface area (Å²) in [6, 6.07) is 6.73. The third-order valence-corrected chi connectivity index (χ3v) is 2.82. The highest BCUT2D eigenvalue weighted by atomic mass is 16.6. The number of hydrogen-bond acceptors (Lipinski definition) is 1. The van der Waals surface area contributed by atoms with E-state index < -0.39 is 0 Å². The lowest BCUT2D eigenvalue weighted by Crippen LogP contribution is -2.11. The summed E-state index contributed by atoms with van der Waals surface area (Å²) < 4.78 is 5.30. The molecule has 0 amide bonds. The van der Waals surface area contributed by atoms with Crippen LogP contribution >= 0.6 is 0 Å². The van der Waals surface area contributed by atoms with Gasteiger partial charge in [0.05, 0.1) is 6.61 Å². The molecule has 0 bridgehead atoms. The molecular weight excluding hydrogens is 172 g/mol. The molecule has 1 aliphatic rings. The van der Waals surface area contributed by atoms with E-state index in [1.54, 1.807) is 0 Å². The molecule has 14 heavy (non-hydrogen) atoms. The maximum Gasteiger partial charge on any atom is 0.106 e. The molecule has 1 saturated heterocycles. The fraction of sp³-hybridized carbons (Fsp3) is 0.538. The molecule has 1 unspecified atom stereocenters. The van der Waals surface area contributed by atoms with Crippen LogP contribution in [0.2, 0.25) is 0 Å². The molecule has 2 rings (SSSR count). The van der Waals surface area contributed by atoms with Crippen molar-refractivity contribution >= 4 is 0 Å². The monoisotopic (exact) mass is 190 g/mol. The van der Waals surface area contributed by atoms with Crippen LogP contribution in [-0.4, -0.2) is 6.61 Å². The Hall–Kier alpha value is -0.820. The van der Waals surface area contributed by atoms with Crippen LogP contribution in [0.15, 0.2) is 18.2 Å². The zero-order chi connectivity index (χ0) is 10.3. The first-order valence-electron chi connectivity index (χ1n) is 5.21. The van der Waals surface area contributed by atoms with Crippen LogP contribution in [0.5, 0.6) is 0 Å². The van der Waals surface area contributed by atoms with Crippen LogP contribution < -0.4 is 0 Å². The highest BCUT2D eigenvalue weighted by Crippen LogP contribution is 2.34. The van der Waals surface area contributed by atoms with Crippen LogP contribution in [0.3, 0.4) is 0 Å². The van der Waals surface area contributed by atoms with Crippen LogP contribution in [0.4, 0.5) is 0 Å². The zero-order valence-corrected chi connectivity index (χ0v) is 9.42. The number of aryl methyl sites for hydroxylation is 1. The minimum atomic E-state index is 0.244. The van der Waals surface area contributed by atoms with Crippen LogP contribution in [0.1, 0.15) is 43.6 Å². The van der Waals surface area contributed by atoms with Gasteiger partial charge in [-0.05, 0) is 29.0 Å². The van der Waals surface area contributed by atoms with Gasteiger partial charge < -0.3 is 4.74 Å². The Kier molecular flexibility index (Phi) is 2.15. The van der Waals surface area contributed by atoms with Gasteiger partial charge in [-0.2, -0.15) is 0 Å². The molecular formula is C13H18O. The van der Waals surface area contributed by atoms with E-state index in [2.05, 4.69) is 45.9 Å². The molecule has 0 aromatic heterocycles. The predicted molar refractivity (Wildman–Crippen MR) is 58.6 cm³/mol. The summed E-state index contributed by atoms with van der Waals surface area (Å²) in [5.41, 5.74) is 4.37. The molecule has 0 radical (unpaired) electrons. The van der Waals surface area contributed by atoms with Gasteiger partial charge in [0.2, 0.25) is 0 Å². The number of ether oxygens (including phenoxy) is 1. The molecule has 1 aliphatic heterocycles. The van der Waals surface area contributed by atoms with E-state index in [0.29, 0.717) is 6.10 Å². The van der Waals surface area contributed by atoms with E-state index in [4.69, 9.17) is 4.74 Å². The third kappa shape index (κ3) is 1.83. The molecule has 1 aromatic carbocycles. The molecule has 0 N–H and O–H groups in total. The SMILES string of the molecule is Cc1cc(C(C)(C)C)ccc1C1CO1. The van der Waals surface area contributed by atoms with E-state index in [1.807, 2.05) is 0 Å². The van der Waals surface area contributed by atoms with E-state index in [1.165, 1.54) is 16.7 Å². The average molecular weight is 190 g/mol. The maximum atomic E-state index is 5.30. The van der Waals surface area contributed by atoms with Gasteiger partial charge in [-0.3, -0.25) is 0 Å². The molecule has 0 spiro atoms. The number of epoxide rings is 1. The van der Waals surface area contributed by atoms with Crippen LogP contribution in [-0.2, 0) is 10.2 Å². The van der Waals surface area contributed by atoms with Crippen molar-refractivity contribution in [2.45, 2.75) is 39.2 Å². The molecule has 1 heterocycles. The standard InChI is InChI=1S/C13H18O/c1-9-7-10(13(2,3)4)5-6-11(9)12-8-14-12/h5-7,12H,8H2,1-4H3. The zero-order valence-electron chi connectivity index (χ0n) is 9.42. The van der Waals surface area contributed by atoms with E-state index >= 15 is 0 Å². The van der Waals surface area contributed by atoms with Gasteiger partial charge in [0, 0.05) is 0 Å². The molecule has 1 aromatic rings. The van der Waals surface area contributed by atoms with E-state index in [9.17, 15) is 0 Å². The van der Waals surface area contributed by atoms with E-state index in [-0.39, 0.29) is 5.41 Å². The maximum absolute atomic E-state index is 5.30. The minimum Gasteiger partial charge on any atom is -0.368 e. The second-order valence-corrected chi connectivity index (χ2v) is 5.14. The summed E-state index contributed by atoms with van der Waals surface area (Å²) in [6.45, 7) is 9.81. The fourth-order valence-electron chi connectivity index (χ4n) is 1.73. The van der Waals surface area contributed by atoms with Crippen molar-refractivity contribution in [3.63, 3.8) is 0 Å². The first kappa shape index (κ1) is 9.72. The van der Waals surface area contributed by atoms with Crippen molar-refractivity contribution in [3.8, 4) is 0 Å². The third-order valence-electron chi connectivity index (χ3n) is 2.82. The van der Waals surface area contributed by atoms with Crippen molar-refractivity contribution in [2.24, 2.45) is 0 Å². The molecule has 1 heteroatoms. The number of benzene rings is 1. The fourth-order valence-corrected chi connectivity index (χ4v) is 1.73. The first-order valence-corrected chi connectivity index (χ1v) is 5.21. The summed E-state index contributed by atoms with van der Waals surface area (Å²) in [6.07, 6.45) is 0.379. The van der Waals surface area contributed by atoms with Gasteiger partial charge in [-0.1, -0.05) is 39.0 Å². The van der Waals surface area contributed by atoms with Crippen LogP contribution in [0.25, 0.3) is 0 Å². The Morgan fingerprint density at radius 2 is 1.93 bits per heavy atom. The quantitative estimate of drug-likeness (QED) is 0.618. The minimum absolute atomic E-state index is 0.244. The number of hydrogen-bond donors (Lipinski definition) is 0. The smallest absolute Gasteiger partial charge is 0.106 e. The topological polar surface area (TPSA) is 12.5 Å². The normalized spacial score (nSPS) is 21.0. The summed E-state index contributed by atoms with van der Waals surface area (Å²) in [5.74, 6) is 0. The average Bonchev–Trinajstić information content (AvgIpc) is 2.85. The van der Waals surface area contributed by atoms with E-state index in [0.717, 1.165) is 6.61 Å². The lowest BCUT2D eigenvalue weighted by Gasteiger charge is -2.20. The lowest BCUT2D eigenvalue weighted by molar-refractivity contribution is 0.415. The predicted octanol–water partition coefficient (Wildman–Crippen LogP) is 3.36. The lowest BCUT2D eigenvalue weighted by atomic mass is 9.85. The van der Waals surface area contributed by atoms with Crippen molar-refractivity contribution in [2.75, 3.05) is 6.61 Å². The second-order valence-electron chi connectivity index (χ2n) is 5.14. The summed E-state index contributed by atoms with van der Waals surface area (Å²) in [7, 11) is 0.